The Bertz CT molecular complexity index is 887. The topological polar surface area (TPSA) is 60.0 Å². The van der Waals surface area contributed by atoms with E-state index in [2.05, 4.69) is 36.2 Å². The third kappa shape index (κ3) is 7.70. The highest BCUT2D eigenvalue weighted by Crippen LogP contribution is 2.29. The Morgan fingerprint density at radius 2 is 1.88 bits per heavy atom. The van der Waals surface area contributed by atoms with Crippen molar-refractivity contribution in [2.45, 2.75) is 20.3 Å². The van der Waals surface area contributed by atoms with Crippen LogP contribution in [0.2, 0.25) is 0 Å². The Morgan fingerprint density at radius 1 is 1.12 bits per heavy atom. The predicted octanol–water partition coefficient (Wildman–Crippen LogP) is 4.26. The molecule has 172 valence electrons. The lowest BCUT2D eigenvalue weighted by Crippen LogP contribution is -2.37. The maximum Gasteiger partial charge on any atom is 0.248 e. The molecule has 0 bridgehead atoms. The zero-order valence-electron chi connectivity index (χ0n) is 19.3. The van der Waals surface area contributed by atoms with Crippen LogP contribution in [0.15, 0.2) is 48.5 Å². The molecule has 1 amide bonds. The number of nitrogens with zero attached hydrogens (tertiary/aromatic N) is 1. The number of anilines is 1. The Balaban J connectivity index is 1.50. The molecule has 1 saturated heterocycles. The summed E-state index contributed by atoms with van der Waals surface area (Å²) in [6.45, 7) is 9.49. The van der Waals surface area contributed by atoms with Gasteiger partial charge in [-0.15, -0.1) is 0 Å². The second-order valence-corrected chi connectivity index (χ2v) is 8.34. The van der Waals surface area contributed by atoms with E-state index in [4.69, 9.17) is 14.2 Å². The lowest BCUT2D eigenvalue weighted by Gasteiger charge is -2.26. The van der Waals surface area contributed by atoms with Gasteiger partial charge in [0.25, 0.3) is 0 Å². The van der Waals surface area contributed by atoms with Gasteiger partial charge in [-0.3, -0.25) is 9.69 Å². The van der Waals surface area contributed by atoms with E-state index in [0.717, 1.165) is 50.5 Å². The van der Waals surface area contributed by atoms with Crippen LogP contribution in [0.25, 0.3) is 6.08 Å². The zero-order chi connectivity index (χ0) is 22.8. The van der Waals surface area contributed by atoms with E-state index in [1.807, 2.05) is 30.3 Å². The van der Waals surface area contributed by atoms with Crippen molar-refractivity contribution in [1.82, 2.24) is 4.90 Å². The number of carbonyl (C=O) groups is 1. The molecule has 0 saturated carbocycles. The molecule has 6 heteroatoms. The molecule has 0 unspecified atom stereocenters. The summed E-state index contributed by atoms with van der Waals surface area (Å²) in [4.78, 5) is 14.7. The van der Waals surface area contributed by atoms with E-state index in [1.54, 1.807) is 13.2 Å². The molecule has 1 N–H and O–H groups in total. The molecule has 1 heterocycles. The van der Waals surface area contributed by atoms with Gasteiger partial charge in [0.05, 0.1) is 26.9 Å². The fourth-order valence-electron chi connectivity index (χ4n) is 3.39. The van der Waals surface area contributed by atoms with Crippen LogP contribution in [-0.2, 0) is 16.0 Å². The lowest BCUT2D eigenvalue weighted by atomic mass is 10.1. The second-order valence-electron chi connectivity index (χ2n) is 8.34. The van der Waals surface area contributed by atoms with Gasteiger partial charge in [-0.05, 0) is 53.8 Å². The summed E-state index contributed by atoms with van der Waals surface area (Å²) >= 11 is 0. The van der Waals surface area contributed by atoms with Crippen LogP contribution in [0.5, 0.6) is 11.5 Å². The van der Waals surface area contributed by atoms with E-state index in [-0.39, 0.29) is 5.91 Å². The Kier molecular flexibility index (Phi) is 9.13. The molecule has 3 rings (SSSR count). The van der Waals surface area contributed by atoms with E-state index in [0.29, 0.717) is 24.0 Å². The smallest absolute Gasteiger partial charge is 0.248 e. The van der Waals surface area contributed by atoms with E-state index < -0.39 is 0 Å². The number of benzene rings is 2. The van der Waals surface area contributed by atoms with Crippen LogP contribution in [0.3, 0.4) is 0 Å². The largest absolute Gasteiger partial charge is 0.493 e. The molecule has 2 aromatic carbocycles. The van der Waals surface area contributed by atoms with Crippen molar-refractivity contribution in [3.8, 4) is 11.5 Å². The molecule has 32 heavy (non-hydrogen) atoms. The number of carbonyl (C=O) groups excluding carboxylic acids is 1. The van der Waals surface area contributed by atoms with Crippen molar-refractivity contribution in [1.29, 1.82) is 0 Å². The molecular formula is C26H34N2O4. The summed E-state index contributed by atoms with van der Waals surface area (Å²) in [5, 5.41) is 2.91. The van der Waals surface area contributed by atoms with Gasteiger partial charge < -0.3 is 19.5 Å². The minimum atomic E-state index is -0.176. The van der Waals surface area contributed by atoms with E-state index in [1.165, 1.54) is 11.6 Å². The Morgan fingerprint density at radius 3 is 2.56 bits per heavy atom. The van der Waals surface area contributed by atoms with Crippen molar-refractivity contribution in [2.24, 2.45) is 5.92 Å². The highest BCUT2D eigenvalue weighted by molar-refractivity contribution is 6.01. The average molecular weight is 439 g/mol. The number of morpholine rings is 1. The molecular weight excluding hydrogens is 404 g/mol. The van der Waals surface area contributed by atoms with Crippen molar-refractivity contribution in [3.05, 3.63) is 59.7 Å². The lowest BCUT2D eigenvalue weighted by molar-refractivity contribution is -0.111. The maximum absolute atomic E-state index is 12.3. The first-order chi connectivity index (χ1) is 15.5. The van der Waals surface area contributed by atoms with Crippen LogP contribution >= 0.6 is 0 Å². The van der Waals surface area contributed by atoms with Gasteiger partial charge in [-0.1, -0.05) is 32.0 Å². The maximum atomic E-state index is 12.3. The zero-order valence-corrected chi connectivity index (χ0v) is 19.3. The van der Waals surface area contributed by atoms with Gasteiger partial charge in [0, 0.05) is 31.4 Å². The molecule has 0 aromatic heterocycles. The third-order valence-electron chi connectivity index (χ3n) is 5.23. The highest BCUT2D eigenvalue weighted by Gasteiger charge is 2.10. The normalized spacial score (nSPS) is 14.6. The first-order valence-electron chi connectivity index (χ1n) is 11.2. The summed E-state index contributed by atoms with van der Waals surface area (Å²) in [5.41, 5.74) is 2.91. The molecule has 1 fully saturated rings. The minimum Gasteiger partial charge on any atom is -0.493 e. The summed E-state index contributed by atoms with van der Waals surface area (Å²) in [6, 6.07) is 13.7. The fraction of sp³-hybridized carbons (Fsp3) is 0.423. The highest BCUT2D eigenvalue weighted by atomic mass is 16.5. The van der Waals surface area contributed by atoms with Gasteiger partial charge >= 0.3 is 0 Å². The SMILES string of the molecule is COc1cc(/C=C/C(=O)Nc2ccc(CCN3CCOCC3)cc2)ccc1OCC(C)C. The third-order valence-corrected chi connectivity index (χ3v) is 5.23. The number of rotatable bonds is 10. The van der Waals surface area contributed by atoms with Crippen molar-refractivity contribution >= 4 is 17.7 Å². The number of nitrogens with one attached hydrogen (secondary N) is 1. The van der Waals surface area contributed by atoms with Crippen molar-refractivity contribution in [3.63, 3.8) is 0 Å². The van der Waals surface area contributed by atoms with E-state index >= 15 is 0 Å². The van der Waals surface area contributed by atoms with Crippen LogP contribution in [0, 0.1) is 5.92 Å². The summed E-state index contributed by atoms with van der Waals surface area (Å²) < 4.78 is 16.6. The van der Waals surface area contributed by atoms with Crippen LogP contribution in [0.4, 0.5) is 5.69 Å². The Hall–Kier alpha value is -2.83. The van der Waals surface area contributed by atoms with Gasteiger partial charge in [-0.2, -0.15) is 0 Å². The summed E-state index contributed by atoms with van der Waals surface area (Å²) in [6.07, 6.45) is 4.28. The van der Waals surface area contributed by atoms with E-state index in [9.17, 15) is 4.79 Å². The predicted molar refractivity (Wildman–Crippen MR) is 128 cm³/mol. The molecule has 2 aromatic rings. The van der Waals surface area contributed by atoms with Gasteiger partial charge in [0.15, 0.2) is 11.5 Å². The molecule has 6 nitrogen and oxygen atoms in total. The fourth-order valence-corrected chi connectivity index (χ4v) is 3.39. The standard InChI is InChI=1S/C26H34N2O4/c1-20(2)19-32-24-10-6-22(18-25(24)30-3)7-11-26(29)27-23-8-4-21(5-9-23)12-13-28-14-16-31-17-15-28/h4-11,18,20H,12-17,19H2,1-3H3,(H,27,29)/b11-7+. The van der Waals surface area contributed by atoms with Gasteiger partial charge in [-0.25, -0.2) is 0 Å². The molecule has 1 aliphatic heterocycles. The molecule has 0 spiro atoms. The average Bonchev–Trinajstić information content (AvgIpc) is 2.81. The van der Waals surface area contributed by atoms with Gasteiger partial charge in [0.2, 0.25) is 5.91 Å². The molecule has 1 aliphatic rings. The number of hydrogen-bond donors (Lipinski definition) is 1. The molecule has 0 aliphatic carbocycles. The minimum absolute atomic E-state index is 0.176. The van der Waals surface area contributed by atoms with Crippen molar-refractivity contribution in [2.75, 3.05) is 51.9 Å². The summed E-state index contributed by atoms with van der Waals surface area (Å²) in [7, 11) is 1.61. The monoisotopic (exact) mass is 438 g/mol. The second kappa shape index (κ2) is 12.3. The Labute approximate surface area is 191 Å². The van der Waals surface area contributed by atoms with Crippen LogP contribution in [-0.4, -0.2) is 57.4 Å². The van der Waals surface area contributed by atoms with Crippen LogP contribution in [0.1, 0.15) is 25.0 Å². The first kappa shape index (κ1) is 23.8. The number of methoxy groups -OCH3 is 1. The van der Waals surface area contributed by atoms with Crippen molar-refractivity contribution < 1.29 is 19.0 Å². The molecule has 0 radical (unpaired) electrons. The van der Waals surface area contributed by atoms with Crippen LogP contribution < -0.4 is 14.8 Å². The number of hydrogen-bond acceptors (Lipinski definition) is 5. The molecule has 0 atom stereocenters. The number of ether oxygens (including phenoxy) is 3. The first-order valence-corrected chi connectivity index (χ1v) is 11.2. The number of amides is 1. The van der Waals surface area contributed by atoms with Gasteiger partial charge in [0.1, 0.15) is 0 Å². The quantitative estimate of drug-likeness (QED) is 0.562. The summed E-state index contributed by atoms with van der Waals surface area (Å²) in [5.74, 6) is 1.62.